The van der Waals surface area contributed by atoms with Crippen molar-refractivity contribution in [1.29, 1.82) is 0 Å². The van der Waals surface area contributed by atoms with E-state index >= 15 is 0 Å². The highest BCUT2D eigenvalue weighted by atomic mass is 16.5. The average Bonchev–Trinajstić information content (AvgIpc) is 3.08. The second-order valence-electron chi connectivity index (χ2n) is 6.92. The molecule has 1 aromatic carbocycles. The number of hydrogen-bond donors (Lipinski definition) is 0. The summed E-state index contributed by atoms with van der Waals surface area (Å²) in [4.78, 5) is 12.1. The smallest absolute Gasteiger partial charge is 0.161 e. The van der Waals surface area contributed by atoms with E-state index in [1.54, 1.807) is 7.11 Å². The number of benzene rings is 1. The molecule has 0 N–H and O–H groups in total. The Kier molecular flexibility index (Phi) is 5.14. The summed E-state index contributed by atoms with van der Waals surface area (Å²) in [5.74, 6) is 8.23. The maximum absolute atomic E-state index is 12.1. The summed E-state index contributed by atoms with van der Waals surface area (Å²) in [5, 5.41) is 0. The fraction of sp³-hybridized carbons (Fsp3) is 0.571. The number of ether oxygens (including phenoxy) is 2. The van der Waals surface area contributed by atoms with Crippen molar-refractivity contribution in [3.63, 3.8) is 0 Å². The molecular weight excluding hydrogens is 300 g/mol. The number of methoxy groups -OCH3 is 1. The number of carbonyl (C=O) groups is 1. The van der Waals surface area contributed by atoms with Crippen LogP contribution in [0.15, 0.2) is 18.2 Å². The average molecular weight is 326 g/mol. The van der Waals surface area contributed by atoms with E-state index in [0.29, 0.717) is 18.6 Å². The van der Waals surface area contributed by atoms with Gasteiger partial charge in [-0.1, -0.05) is 12.0 Å². The molecule has 0 heterocycles. The van der Waals surface area contributed by atoms with Gasteiger partial charge in [0.1, 0.15) is 5.78 Å². The Morgan fingerprint density at radius 3 is 2.62 bits per heavy atom. The van der Waals surface area contributed by atoms with Crippen molar-refractivity contribution in [2.45, 2.75) is 69.8 Å². The summed E-state index contributed by atoms with van der Waals surface area (Å²) in [6, 6.07) is 6.06. The molecule has 0 aromatic heterocycles. The van der Waals surface area contributed by atoms with Crippen molar-refractivity contribution in [2.75, 3.05) is 7.11 Å². The molecular formula is C21H26O3. The van der Waals surface area contributed by atoms with Gasteiger partial charge in [0.25, 0.3) is 0 Å². The molecule has 1 aromatic rings. The fourth-order valence-corrected chi connectivity index (χ4v) is 4.02. The Bertz CT molecular complexity index is 661. The Labute approximate surface area is 144 Å². The molecule has 3 rings (SSSR count). The highest BCUT2D eigenvalue weighted by Gasteiger charge is 2.36. The zero-order chi connectivity index (χ0) is 17.0. The standard InChI is InChI=1S/C21H26O3/c1-3-12-21(13-6-7-17(22)15-21)16-10-11-19(23-2)20(14-16)24-18-8-4-5-9-18/h10-11,14,18H,4-9,13,15H2,1-2H3. The van der Waals surface area contributed by atoms with Gasteiger partial charge >= 0.3 is 0 Å². The van der Waals surface area contributed by atoms with Crippen LogP contribution >= 0.6 is 0 Å². The maximum atomic E-state index is 12.1. The summed E-state index contributed by atoms with van der Waals surface area (Å²) in [5.41, 5.74) is 0.711. The van der Waals surface area contributed by atoms with Gasteiger partial charge in [-0.25, -0.2) is 0 Å². The van der Waals surface area contributed by atoms with Crippen LogP contribution in [-0.4, -0.2) is 19.0 Å². The highest BCUT2D eigenvalue weighted by molar-refractivity contribution is 5.82. The predicted molar refractivity (Wildman–Crippen MR) is 94.5 cm³/mol. The SMILES string of the molecule is CC#CC1(c2ccc(OC)c(OC3CCCC3)c2)CCCC(=O)C1. The first kappa shape index (κ1) is 16.9. The molecule has 2 fully saturated rings. The first-order valence-corrected chi connectivity index (χ1v) is 8.98. The molecule has 3 heteroatoms. The van der Waals surface area contributed by atoms with Gasteiger partial charge in [-0.15, -0.1) is 5.92 Å². The molecule has 24 heavy (non-hydrogen) atoms. The molecule has 0 saturated heterocycles. The lowest BCUT2D eigenvalue weighted by molar-refractivity contribution is -0.121. The van der Waals surface area contributed by atoms with Crippen molar-refractivity contribution in [3.05, 3.63) is 23.8 Å². The van der Waals surface area contributed by atoms with E-state index in [1.165, 1.54) is 12.8 Å². The van der Waals surface area contributed by atoms with Crippen LogP contribution in [0.3, 0.4) is 0 Å². The third-order valence-electron chi connectivity index (χ3n) is 5.23. The highest BCUT2D eigenvalue weighted by Crippen LogP contribution is 2.41. The van der Waals surface area contributed by atoms with Gasteiger partial charge in [0, 0.05) is 12.8 Å². The van der Waals surface area contributed by atoms with Crippen molar-refractivity contribution in [1.82, 2.24) is 0 Å². The molecule has 0 bridgehead atoms. The molecule has 0 radical (unpaired) electrons. The second kappa shape index (κ2) is 7.30. The lowest BCUT2D eigenvalue weighted by Gasteiger charge is -2.33. The number of carbonyl (C=O) groups excluding carboxylic acids is 1. The van der Waals surface area contributed by atoms with Gasteiger partial charge < -0.3 is 9.47 Å². The molecule has 2 aliphatic rings. The first-order chi connectivity index (χ1) is 11.7. The molecule has 3 nitrogen and oxygen atoms in total. The largest absolute Gasteiger partial charge is 0.493 e. The zero-order valence-corrected chi connectivity index (χ0v) is 14.7. The Hall–Kier alpha value is -1.95. The molecule has 0 aliphatic heterocycles. The third-order valence-corrected chi connectivity index (χ3v) is 5.23. The van der Waals surface area contributed by atoms with E-state index in [0.717, 1.165) is 42.7 Å². The van der Waals surface area contributed by atoms with Crippen molar-refractivity contribution < 1.29 is 14.3 Å². The monoisotopic (exact) mass is 326 g/mol. The van der Waals surface area contributed by atoms with E-state index < -0.39 is 0 Å². The van der Waals surface area contributed by atoms with E-state index in [4.69, 9.17) is 9.47 Å². The third kappa shape index (κ3) is 3.43. The molecule has 2 aliphatic carbocycles. The Morgan fingerprint density at radius 1 is 1.17 bits per heavy atom. The normalized spacial score (nSPS) is 24.3. The Balaban J connectivity index is 1.96. The predicted octanol–water partition coefficient (Wildman–Crippen LogP) is 4.42. The second-order valence-corrected chi connectivity index (χ2v) is 6.92. The van der Waals surface area contributed by atoms with Crippen LogP contribution in [0.1, 0.15) is 63.9 Å². The van der Waals surface area contributed by atoms with Gasteiger partial charge in [-0.05, 0) is 63.1 Å². The van der Waals surface area contributed by atoms with Crippen LogP contribution < -0.4 is 9.47 Å². The van der Waals surface area contributed by atoms with Crippen LogP contribution in [0.2, 0.25) is 0 Å². The minimum atomic E-state index is -0.371. The number of hydrogen-bond acceptors (Lipinski definition) is 3. The summed E-state index contributed by atoms with van der Waals surface area (Å²) in [6.45, 7) is 1.85. The molecule has 0 amide bonds. The molecule has 128 valence electrons. The Morgan fingerprint density at radius 2 is 1.96 bits per heavy atom. The number of ketones is 1. The van der Waals surface area contributed by atoms with Crippen molar-refractivity contribution in [2.24, 2.45) is 0 Å². The fourth-order valence-electron chi connectivity index (χ4n) is 4.02. The number of Topliss-reactive ketones (excluding diaryl/α,β-unsaturated/α-hetero) is 1. The van der Waals surface area contributed by atoms with Gasteiger partial charge in [0.05, 0.1) is 18.6 Å². The first-order valence-electron chi connectivity index (χ1n) is 8.98. The topological polar surface area (TPSA) is 35.5 Å². The van der Waals surface area contributed by atoms with Crippen LogP contribution in [0.5, 0.6) is 11.5 Å². The quantitative estimate of drug-likeness (QED) is 0.768. The van der Waals surface area contributed by atoms with Crippen LogP contribution in [-0.2, 0) is 10.2 Å². The van der Waals surface area contributed by atoms with E-state index in [1.807, 2.05) is 19.1 Å². The van der Waals surface area contributed by atoms with E-state index in [9.17, 15) is 4.79 Å². The summed E-state index contributed by atoms with van der Waals surface area (Å²) in [7, 11) is 1.67. The van der Waals surface area contributed by atoms with Crippen LogP contribution in [0.25, 0.3) is 0 Å². The molecule has 1 unspecified atom stereocenters. The molecule has 2 saturated carbocycles. The minimum absolute atomic E-state index is 0.273. The van der Waals surface area contributed by atoms with Gasteiger partial charge in [0.2, 0.25) is 0 Å². The zero-order valence-electron chi connectivity index (χ0n) is 14.7. The number of rotatable bonds is 4. The van der Waals surface area contributed by atoms with Crippen molar-refractivity contribution >= 4 is 5.78 Å². The minimum Gasteiger partial charge on any atom is -0.493 e. The van der Waals surface area contributed by atoms with Gasteiger partial charge in [-0.2, -0.15) is 0 Å². The van der Waals surface area contributed by atoms with E-state index in [-0.39, 0.29) is 11.5 Å². The van der Waals surface area contributed by atoms with Gasteiger partial charge in [-0.3, -0.25) is 4.79 Å². The molecule has 1 atom stereocenters. The summed E-state index contributed by atoms with van der Waals surface area (Å²) < 4.78 is 11.7. The van der Waals surface area contributed by atoms with E-state index in [2.05, 4.69) is 17.9 Å². The lowest BCUT2D eigenvalue weighted by Crippen LogP contribution is -2.32. The lowest BCUT2D eigenvalue weighted by atomic mass is 9.69. The summed E-state index contributed by atoms with van der Waals surface area (Å²) in [6.07, 6.45) is 7.94. The van der Waals surface area contributed by atoms with Crippen LogP contribution in [0, 0.1) is 11.8 Å². The summed E-state index contributed by atoms with van der Waals surface area (Å²) >= 11 is 0. The molecule has 0 spiro atoms. The van der Waals surface area contributed by atoms with Crippen LogP contribution in [0.4, 0.5) is 0 Å². The van der Waals surface area contributed by atoms with Crippen molar-refractivity contribution in [3.8, 4) is 23.3 Å². The van der Waals surface area contributed by atoms with Gasteiger partial charge in [0.15, 0.2) is 11.5 Å². The maximum Gasteiger partial charge on any atom is 0.161 e.